The predicted molar refractivity (Wildman–Crippen MR) is 101 cm³/mol. The van der Waals surface area contributed by atoms with Crippen LogP contribution in [0.3, 0.4) is 0 Å². The summed E-state index contributed by atoms with van der Waals surface area (Å²) in [4.78, 5) is 27.2. The third-order valence-electron chi connectivity index (χ3n) is 4.83. The first-order valence-electron chi connectivity index (χ1n) is 9.34. The molecule has 1 aliphatic heterocycles. The fourth-order valence-corrected chi connectivity index (χ4v) is 3.35. The minimum absolute atomic E-state index is 0.0385. The van der Waals surface area contributed by atoms with Gasteiger partial charge in [0, 0.05) is 19.7 Å². The van der Waals surface area contributed by atoms with E-state index >= 15 is 0 Å². The van der Waals surface area contributed by atoms with Crippen molar-refractivity contribution < 1.29 is 22.8 Å². The molecule has 0 aliphatic carbocycles. The van der Waals surface area contributed by atoms with E-state index in [0.717, 1.165) is 12.1 Å². The van der Waals surface area contributed by atoms with E-state index < -0.39 is 17.8 Å². The molecule has 1 saturated heterocycles. The minimum Gasteiger partial charge on any atom is -0.357 e. The standard InChI is InChI=1S/C19H21F3N6O2/c1-12-24-26-28(25-12)11-14-10-15(19(20,21)22)7-5-13(14)6-8-17(29)27-9-3-4-16(27)18(30)23-2/h5-8,10,16H,3-4,9,11H2,1-2H3,(H,23,30)/t16-/m0/s1. The number of likely N-dealkylation sites (tertiary alicyclic amines) is 1. The van der Waals surface area contributed by atoms with Gasteiger partial charge in [-0.2, -0.15) is 18.0 Å². The van der Waals surface area contributed by atoms with E-state index in [0.29, 0.717) is 30.8 Å². The summed E-state index contributed by atoms with van der Waals surface area (Å²) in [5, 5.41) is 14.1. The number of nitrogens with zero attached hydrogens (tertiary/aromatic N) is 5. The molecule has 1 aromatic carbocycles. The zero-order valence-corrected chi connectivity index (χ0v) is 16.5. The lowest BCUT2D eigenvalue weighted by Crippen LogP contribution is -2.44. The summed E-state index contributed by atoms with van der Waals surface area (Å²) >= 11 is 0. The Hall–Kier alpha value is -3.24. The third kappa shape index (κ3) is 4.84. The van der Waals surface area contributed by atoms with E-state index in [2.05, 4.69) is 20.7 Å². The van der Waals surface area contributed by atoms with E-state index in [1.807, 2.05) is 0 Å². The maximum Gasteiger partial charge on any atom is 0.416 e. The number of amides is 2. The topological polar surface area (TPSA) is 93.0 Å². The van der Waals surface area contributed by atoms with Crippen LogP contribution in [-0.2, 0) is 22.3 Å². The second kappa shape index (κ2) is 8.64. The number of carbonyl (C=O) groups is 2. The Balaban J connectivity index is 1.86. The molecule has 2 amide bonds. The van der Waals surface area contributed by atoms with Crippen LogP contribution in [0.4, 0.5) is 13.2 Å². The average molecular weight is 422 g/mol. The number of hydrogen-bond donors (Lipinski definition) is 1. The van der Waals surface area contributed by atoms with Crippen LogP contribution in [0, 0.1) is 6.92 Å². The predicted octanol–water partition coefficient (Wildman–Crippen LogP) is 1.80. The van der Waals surface area contributed by atoms with Crippen LogP contribution in [0.25, 0.3) is 6.08 Å². The summed E-state index contributed by atoms with van der Waals surface area (Å²) in [7, 11) is 1.51. The Labute approximate surface area is 170 Å². The van der Waals surface area contributed by atoms with Crippen LogP contribution < -0.4 is 5.32 Å². The van der Waals surface area contributed by atoms with Gasteiger partial charge in [0.05, 0.1) is 12.1 Å². The molecule has 1 N–H and O–H groups in total. The van der Waals surface area contributed by atoms with E-state index in [9.17, 15) is 22.8 Å². The van der Waals surface area contributed by atoms with Crippen LogP contribution in [0.15, 0.2) is 24.3 Å². The molecule has 11 heteroatoms. The maximum atomic E-state index is 13.1. The number of alkyl halides is 3. The molecule has 2 aromatic rings. The van der Waals surface area contributed by atoms with Crippen molar-refractivity contribution in [3.05, 3.63) is 46.8 Å². The highest BCUT2D eigenvalue weighted by atomic mass is 19.4. The molecule has 160 valence electrons. The fourth-order valence-electron chi connectivity index (χ4n) is 3.35. The average Bonchev–Trinajstić information content (AvgIpc) is 3.34. The lowest BCUT2D eigenvalue weighted by Gasteiger charge is -2.21. The van der Waals surface area contributed by atoms with Gasteiger partial charge >= 0.3 is 6.18 Å². The van der Waals surface area contributed by atoms with Crippen molar-refractivity contribution in [3.63, 3.8) is 0 Å². The lowest BCUT2D eigenvalue weighted by molar-refractivity contribution is -0.137. The first kappa shape index (κ1) is 21.5. The Morgan fingerprint density at radius 3 is 2.73 bits per heavy atom. The van der Waals surface area contributed by atoms with Crippen LogP contribution in [-0.4, -0.2) is 56.6 Å². The molecule has 1 aromatic heterocycles. The third-order valence-corrected chi connectivity index (χ3v) is 4.83. The minimum atomic E-state index is -4.51. The van der Waals surface area contributed by atoms with Gasteiger partial charge in [0.25, 0.3) is 0 Å². The Morgan fingerprint density at radius 2 is 2.10 bits per heavy atom. The Bertz CT molecular complexity index is 969. The SMILES string of the molecule is CNC(=O)[C@@H]1CCCN1C(=O)C=Cc1ccc(C(F)(F)F)cc1Cn1nnc(C)n1. The van der Waals surface area contributed by atoms with Gasteiger partial charge in [-0.05, 0) is 54.3 Å². The molecule has 2 heterocycles. The summed E-state index contributed by atoms with van der Waals surface area (Å²) in [6.45, 7) is 2.03. The highest BCUT2D eigenvalue weighted by molar-refractivity contribution is 5.96. The lowest BCUT2D eigenvalue weighted by atomic mass is 10.0. The van der Waals surface area contributed by atoms with Gasteiger partial charge in [0.1, 0.15) is 6.04 Å². The number of hydrogen-bond acceptors (Lipinski definition) is 5. The van der Waals surface area contributed by atoms with Crippen LogP contribution >= 0.6 is 0 Å². The summed E-state index contributed by atoms with van der Waals surface area (Å²) in [5.74, 6) is -0.220. The van der Waals surface area contributed by atoms with Crippen molar-refractivity contribution in [2.24, 2.45) is 0 Å². The van der Waals surface area contributed by atoms with E-state index in [1.165, 1.54) is 35.0 Å². The van der Waals surface area contributed by atoms with E-state index in [1.54, 1.807) is 6.92 Å². The Kier molecular flexibility index (Phi) is 6.18. The van der Waals surface area contributed by atoms with Gasteiger partial charge in [-0.3, -0.25) is 9.59 Å². The van der Waals surface area contributed by atoms with Gasteiger partial charge in [-0.25, -0.2) is 0 Å². The molecule has 1 fully saturated rings. The number of likely N-dealkylation sites (N-methyl/N-ethyl adjacent to an activating group) is 1. The van der Waals surface area contributed by atoms with E-state index in [4.69, 9.17) is 0 Å². The number of aromatic nitrogens is 4. The molecule has 0 bridgehead atoms. The van der Waals surface area contributed by atoms with Crippen molar-refractivity contribution in [1.29, 1.82) is 0 Å². The van der Waals surface area contributed by atoms with Gasteiger partial charge < -0.3 is 10.2 Å². The number of aryl methyl sites for hydroxylation is 1. The van der Waals surface area contributed by atoms with Crippen molar-refractivity contribution in [3.8, 4) is 0 Å². The summed E-state index contributed by atoms with van der Waals surface area (Å²) < 4.78 is 39.4. The zero-order chi connectivity index (χ0) is 21.9. The first-order valence-corrected chi connectivity index (χ1v) is 9.34. The largest absolute Gasteiger partial charge is 0.416 e. The maximum absolute atomic E-state index is 13.1. The smallest absolute Gasteiger partial charge is 0.357 e. The quantitative estimate of drug-likeness (QED) is 0.742. The van der Waals surface area contributed by atoms with Crippen molar-refractivity contribution in [2.75, 3.05) is 13.6 Å². The molecule has 1 aliphatic rings. The molecular weight excluding hydrogens is 401 g/mol. The fraction of sp³-hybridized carbons (Fsp3) is 0.421. The molecule has 0 saturated carbocycles. The first-order chi connectivity index (χ1) is 14.2. The zero-order valence-electron chi connectivity index (χ0n) is 16.5. The Morgan fingerprint density at radius 1 is 1.33 bits per heavy atom. The highest BCUT2D eigenvalue weighted by Gasteiger charge is 2.33. The number of benzene rings is 1. The van der Waals surface area contributed by atoms with Crippen LogP contribution in [0.5, 0.6) is 0 Å². The number of carbonyl (C=O) groups excluding carboxylic acids is 2. The van der Waals surface area contributed by atoms with Gasteiger partial charge in [0.2, 0.25) is 11.8 Å². The monoisotopic (exact) mass is 422 g/mol. The summed E-state index contributed by atoms with van der Waals surface area (Å²) in [6.07, 6.45) is -0.508. The number of halogens is 3. The van der Waals surface area contributed by atoms with Crippen LogP contribution in [0.2, 0.25) is 0 Å². The molecule has 30 heavy (non-hydrogen) atoms. The van der Waals surface area contributed by atoms with Crippen molar-refractivity contribution >= 4 is 17.9 Å². The molecule has 3 rings (SSSR count). The molecule has 8 nitrogen and oxygen atoms in total. The number of rotatable bonds is 5. The van der Waals surface area contributed by atoms with Gasteiger partial charge in [0.15, 0.2) is 5.82 Å². The van der Waals surface area contributed by atoms with Gasteiger partial charge in [-0.15, -0.1) is 10.2 Å². The summed E-state index contributed by atoms with van der Waals surface area (Å²) in [6, 6.07) is 2.72. The number of nitrogens with one attached hydrogen (secondary N) is 1. The highest BCUT2D eigenvalue weighted by Crippen LogP contribution is 2.31. The second-order valence-electron chi connectivity index (χ2n) is 6.92. The van der Waals surface area contributed by atoms with Gasteiger partial charge in [-0.1, -0.05) is 6.07 Å². The molecule has 1 atom stereocenters. The molecular formula is C19H21F3N6O2. The second-order valence-corrected chi connectivity index (χ2v) is 6.92. The number of tetrazole rings is 1. The van der Waals surface area contributed by atoms with E-state index in [-0.39, 0.29) is 23.9 Å². The molecule has 0 radical (unpaired) electrons. The van der Waals surface area contributed by atoms with Crippen molar-refractivity contribution in [1.82, 2.24) is 30.4 Å². The van der Waals surface area contributed by atoms with Crippen LogP contribution in [0.1, 0.15) is 35.4 Å². The molecule has 0 unspecified atom stereocenters. The summed E-state index contributed by atoms with van der Waals surface area (Å²) in [5.41, 5.74) is -0.102. The molecule has 0 spiro atoms. The van der Waals surface area contributed by atoms with Crippen molar-refractivity contribution in [2.45, 2.75) is 38.5 Å². The normalized spacial score (nSPS) is 17.0.